The fraction of sp³-hybridized carbons (Fsp3) is 0.120. The standard InChI is InChI=1S/C50H40N4/c1-29-23-31(3)47(32(4)24-29)36-17-21-45-42(27-36)43-28-37(48-33(5)25-30(2)26-34(48)6)18-22-46(43)53(45)38-19-15-35(16-20-38)49-51-52-50-41-13-8-7-11-39(41)40-12-9-10-14-44(40)54(49)50/h7-28H,1-6H3. The van der Waals surface area contributed by atoms with Crippen LogP contribution in [0.3, 0.4) is 0 Å². The molecule has 0 bridgehead atoms. The summed E-state index contributed by atoms with van der Waals surface area (Å²) in [6.07, 6.45) is 0. The lowest BCUT2D eigenvalue weighted by molar-refractivity contribution is 1.11. The SMILES string of the molecule is Cc1cc(C)c(-c2ccc3c(c2)c2cc(-c4c(C)cc(C)cc4C)ccc2n3-c2ccc(-c3nnc4c5ccccc5c5ccccc5n34)cc2)c(C)c1. The molecule has 0 fully saturated rings. The van der Waals surface area contributed by atoms with Gasteiger partial charge in [-0.15, -0.1) is 10.2 Å². The largest absolute Gasteiger partial charge is 0.309 e. The van der Waals surface area contributed by atoms with Gasteiger partial charge in [-0.2, -0.15) is 0 Å². The van der Waals surface area contributed by atoms with Gasteiger partial charge in [-0.1, -0.05) is 90.0 Å². The van der Waals surface area contributed by atoms with Crippen LogP contribution in [0.1, 0.15) is 33.4 Å². The van der Waals surface area contributed by atoms with Gasteiger partial charge in [-0.05, 0) is 146 Å². The maximum Gasteiger partial charge on any atom is 0.169 e. The predicted octanol–water partition coefficient (Wildman–Crippen LogP) is 13.0. The van der Waals surface area contributed by atoms with Crippen LogP contribution in [0.5, 0.6) is 0 Å². The number of hydrogen-bond donors (Lipinski definition) is 0. The first kappa shape index (κ1) is 32.2. The molecule has 4 nitrogen and oxygen atoms in total. The summed E-state index contributed by atoms with van der Waals surface area (Å²) >= 11 is 0. The van der Waals surface area contributed by atoms with E-state index in [1.807, 2.05) is 0 Å². The van der Waals surface area contributed by atoms with Crippen molar-refractivity contribution in [3.63, 3.8) is 0 Å². The van der Waals surface area contributed by atoms with Crippen LogP contribution < -0.4 is 0 Å². The van der Waals surface area contributed by atoms with E-state index in [-0.39, 0.29) is 0 Å². The van der Waals surface area contributed by atoms with Crippen LogP contribution in [-0.2, 0) is 0 Å². The van der Waals surface area contributed by atoms with Crippen molar-refractivity contribution in [2.24, 2.45) is 0 Å². The number of aryl methyl sites for hydroxylation is 6. The Morgan fingerprint density at radius 1 is 0.389 bits per heavy atom. The Morgan fingerprint density at radius 3 is 1.43 bits per heavy atom. The Kier molecular flexibility index (Phi) is 7.15. The molecule has 0 atom stereocenters. The van der Waals surface area contributed by atoms with E-state index in [0.29, 0.717) is 0 Å². The first-order valence-electron chi connectivity index (χ1n) is 18.8. The molecule has 0 saturated heterocycles. The van der Waals surface area contributed by atoms with Crippen molar-refractivity contribution in [2.75, 3.05) is 0 Å². The molecule has 0 aliphatic rings. The molecule has 3 heterocycles. The van der Waals surface area contributed by atoms with Crippen molar-refractivity contribution >= 4 is 49.1 Å². The average Bonchev–Trinajstić information content (AvgIpc) is 3.74. The molecule has 0 aliphatic carbocycles. The van der Waals surface area contributed by atoms with Gasteiger partial charge >= 0.3 is 0 Å². The molecule has 7 aromatic carbocycles. The zero-order valence-electron chi connectivity index (χ0n) is 31.5. The highest BCUT2D eigenvalue weighted by molar-refractivity contribution is 6.13. The van der Waals surface area contributed by atoms with E-state index in [9.17, 15) is 0 Å². The van der Waals surface area contributed by atoms with E-state index in [4.69, 9.17) is 10.2 Å². The first-order chi connectivity index (χ1) is 26.2. The Labute approximate surface area is 315 Å². The monoisotopic (exact) mass is 696 g/mol. The minimum atomic E-state index is 0.836. The van der Waals surface area contributed by atoms with Gasteiger partial charge in [-0.25, -0.2) is 0 Å². The molecule has 0 amide bonds. The summed E-state index contributed by atoms with van der Waals surface area (Å²) in [5.74, 6) is 0.836. The number of aromatic nitrogens is 4. The maximum absolute atomic E-state index is 4.78. The predicted molar refractivity (Wildman–Crippen MR) is 227 cm³/mol. The van der Waals surface area contributed by atoms with Gasteiger partial charge in [0, 0.05) is 32.8 Å². The summed E-state index contributed by atoms with van der Waals surface area (Å²) < 4.78 is 4.62. The van der Waals surface area contributed by atoms with Gasteiger partial charge in [0.05, 0.1) is 16.6 Å². The van der Waals surface area contributed by atoms with Crippen LogP contribution in [-0.4, -0.2) is 19.2 Å². The quantitative estimate of drug-likeness (QED) is 0.172. The Hall–Kier alpha value is -6.52. The van der Waals surface area contributed by atoms with Crippen LogP contribution in [0.4, 0.5) is 0 Å². The van der Waals surface area contributed by atoms with Gasteiger partial charge in [0.2, 0.25) is 0 Å². The lowest BCUT2D eigenvalue weighted by Crippen LogP contribution is -1.96. The lowest BCUT2D eigenvalue weighted by atomic mass is 9.91. The molecular weight excluding hydrogens is 657 g/mol. The Balaban J connectivity index is 1.18. The van der Waals surface area contributed by atoms with Gasteiger partial charge in [0.15, 0.2) is 11.5 Å². The first-order valence-corrected chi connectivity index (χ1v) is 18.8. The number of hydrogen-bond acceptors (Lipinski definition) is 2. The molecule has 4 heteroatoms. The summed E-state index contributed by atoms with van der Waals surface area (Å²) in [6, 6.07) is 49.0. The molecule has 260 valence electrons. The Morgan fingerprint density at radius 2 is 0.870 bits per heavy atom. The van der Waals surface area contributed by atoms with E-state index in [1.165, 1.54) is 88.2 Å². The van der Waals surface area contributed by atoms with Crippen LogP contribution >= 0.6 is 0 Å². The number of pyridine rings is 1. The second-order valence-electron chi connectivity index (χ2n) is 15.1. The van der Waals surface area contributed by atoms with E-state index < -0.39 is 0 Å². The van der Waals surface area contributed by atoms with Gasteiger partial charge in [-0.3, -0.25) is 4.40 Å². The highest BCUT2D eigenvalue weighted by atomic mass is 15.2. The van der Waals surface area contributed by atoms with E-state index in [0.717, 1.165) is 33.6 Å². The van der Waals surface area contributed by atoms with E-state index in [1.54, 1.807) is 0 Å². The van der Waals surface area contributed by atoms with Crippen molar-refractivity contribution in [3.8, 4) is 39.3 Å². The maximum atomic E-state index is 4.78. The van der Waals surface area contributed by atoms with Gasteiger partial charge < -0.3 is 4.57 Å². The second kappa shape index (κ2) is 12.0. The number of benzene rings is 7. The summed E-state index contributed by atoms with van der Waals surface area (Å²) in [5.41, 5.74) is 19.4. The molecule has 0 saturated carbocycles. The normalized spacial score (nSPS) is 11.9. The smallest absolute Gasteiger partial charge is 0.169 e. The van der Waals surface area contributed by atoms with Crippen LogP contribution in [0.15, 0.2) is 133 Å². The molecular formula is C50H40N4. The minimum absolute atomic E-state index is 0.836. The highest BCUT2D eigenvalue weighted by Crippen LogP contribution is 2.40. The van der Waals surface area contributed by atoms with Crippen LogP contribution in [0, 0.1) is 41.5 Å². The lowest BCUT2D eigenvalue weighted by Gasteiger charge is -2.13. The fourth-order valence-corrected chi connectivity index (χ4v) is 9.33. The van der Waals surface area contributed by atoms with Crippen molar-refractivity contribution in [2.45, 2.75) is 41.5 Å². The minimum Gasteiger partial charge on any atom is -0.309 e. The third kappa shape index (κ3) is 4.83. The number of fused-ring (bicyclic) bond motifs is 9. The number of para-hydroxylation sites is 1. The highest BCUT2D eigenvalue weighted by Gasteiger charge is 2.19. The molecule has 0 N–H and O–H groups in total. The zero-order valence-corrected chi connectivity index (χ0v) is 31.5. The number of nitrogens with zero attached hydrogens (tertiary/aromatic N) is 4. The van der Waals surface area contributed by atoms with Crippen LogP contribution in [0.25, 0.3) is 88.5 Å². The third-order valence-corrected chi connectivity index (χ3v) is 11.3. The topological polar surface area (TPSA) is 35.1 Å². The van der Waals surface area contributed by atoms with Gasteiger partial charge in [0.1, 0.15) is 0 Å². The van der Waals surface area contributed by atoms with Gasteiger partial charge in [0.25, 0.3) is 0 Å². The van der Waals surface area contributed by atoms with E-state index >= 15 is 0 Å². The second-order valence-corrected chi connectivity index (χ2v) is 15.1. The number of rotatable bonds is 4. The molecule has 0 radical (unpaired) electrons. The molecule has 3 aromatic heterocycles. The molecule has 0 spiro atoms. The molecule has 0 unspecified atom stereocenters. The molecule has 0 aliphatic heterocycles. The van der Waals surface area contributed by atoms with Crippen molar-refractivity contribution in [3.05, 3.63) is 167 Å². The summed E-state index contributed by atoms with van der Waals surface area (Å²) in [4.78, 5) is 0. The molecule has 54 heavy (non-hydrogen) atoms. The molecule has 10 aromatic rings. The van der Waals surface area contributed by atoms with E-state index in [2.05, 4.69) is 184 Å². The summed E-state index contributed by atoms with van der Waals surface area (Å²) in [7, 11) is 0. The third-order valence-electron chi connectivity index (χ3n) is 11.3. The Bertz CT molecular complexity index is 3000. The van der Waals surface area contributed by atoms with Crippen molar-refractivity contribution in [1.29, 1.82) is 0 Å². The summed E-state index contributed by atoms with van der Waals surface area (Å²) in [5, 5.41) is 15.5. The fourth-order valence-electron chi connectivity index (χ4n) is 9.33. The zero-order chi connectivity index (χ0) is 36.8. The average molecular weight is 697 g/mol. The molecule has 10 rings (SSSR count). The van der Waals surface area contributed by atoms with Crippen LogP contribution in [0.2, 0.25) is 0 Å². The van der Waals surface area contributed by atoms with Crippen molar-refractivity contribution in [1.82, 2.24) is 19.2 Å². The van der Waals surface area contributed by atoms with Crippen molar-refractivity contribution < 1.29 is 0 Å². The summed E-state index contributed by atoms with van der Waals surface area (Å²) in [6.45, 7) is 13.3.